The van der Waals surface area contributed by atoms with Gasteiger partial charge in [-0.15, -0.1) is 0 Å². The number of sulfonamides is 1. The van der Waals surface area contributed by atoms with Crippen molar-refractivity contribution in [1.29, 1.82) is 0 Å². The number of para-hydroxylation sites is 1. The second-order valence-electron chi connectivity index (χ2n) is 5.69. The Kier molecular flexibility index (Phi) is 4.35. The first-order valence-corrected chi connectivity index (χ1v) is 9.22. The highest BCUT2D eigenvalue weighted by atomic mass is 35.5. The van der Waals surface area contributed by atoms with E-state index in [-0.39, 0.29) is 16.1 Å². The highest BCUT2D eigenvalue weighted by Gasteiger charge is 2.36. The molecular weight excluding hydrogens is 336 g/mol. The maximum atomic E-state index is 12.8. The molecule has 1 aromatic heterocycles. The Labute approximate surface area is 141 Å². The second-order valence-corrected chi connectivity index (χ2v) is 7.92. The van der Waals surface area contributed by atoms with Crippen LogP contribution in [0.3, 0.4) is 0 Å². The summed E-state index contributed by atoms with van der Waals surface area (Å²) in [5.41, 5.74) is 1.42. The molecule has 3 rings (SSSR count). The number of halogens is 1. The van der Waals surface area contributed by atoms with Gasteiger partial charge in [-0.25, -0.2) is 8.42 Å². The Bertz CT molecular complexity index is 804. The first-order chi connectivity index (χ1) is 10.9. The van der Waals surface area contributed by atoms with Crippen LogP contribution in [0.25, 0.3) is 0 Å². The molecule has 0 saturated carbocycles. The zero-order valence-electron chi connectivity index (χ0n) is 13.0. The van der Waals surface area contributed by atoms with E-state index in [1.807, 2.05) is 30.3 Å². The van der Waals surface area contributed by atoms with Crippen molar-refractivity contribution in [3.63, 3.8) is 0 Å². The Hall–Kier alpha value is -1.57. The molecule has 1 aliphatic heterocycles. The monoisotopic (exact) mass is 354 g/mol. The Morgan fingerprint density at radius 1 is 1.30 bits per heavy atom. The summed E-state index contributed by atoms with van der Waals surface area (Å²) in [6.07, 6.45) is 0.755. The van der Waals surface area contributed by atoms with Gasteiger partial charge in [0.2, 0.25) is 10.0 Å². The van der Waals surface area contributed by atoms with Crippen LogP contribution in [0.15, 0.2) is 35.2 Å². The van der Waals surface area contributed by atoms with Crippen LogP contribution in [0.1, 0.15) is 12.1 Å². The maximum Gasteiger partial charge on any atom is 0.248 e. The number of nitrogens with one attached hydrogen (secondary N) is 1. The summed E-state index contributed by atoms with van der Waals surface area (Å²) in [6.45, 7) is 2.55. The number of rotatable bonds is 4. The molecule has 0 amide bonds. The average Bonchev–Trinajstić information content (AvgIpc) is 3.06. The van der Waals surface area contributed by atoms with Gasteiger partial charge in [0.15, 0.2) is 0 Å². The molecule has 6 nitrogen and oxygen atoms in total. The van der Waals surface area contributed by atoms with Crippen LogP contribution in [0.2, 0.25) is 5.15 Å². The van der Waals surface area contributed by atoms with E-state index in [2.05, 4.69) is 10.4 Å². The topological polar surface area (TPSA) is 67.2 Å². The Morgan fingerprint density at radius 2 is 2.00 bits per heavy atom. The predicted molar refractivity (Wildman–Crippen MR) is 90.2 cm³/mol. The van der Waals surface area contributed by atoms with Crippen molar-refractivity contribution < 1.29 is 8.42 Å². The Balaban J connectivity index is 1.78. The van der Waals surface area contributed by atoms with Gasteiger partial charge in [-0.1, -0.05) is 29.8 Å². The third-order valence-electron chi connectivity index (χ3n) is 3.99. The predicted octanol–water partition coefficient (Wildman–Crippen LogP) is 2.26. The standard InChI is InChI=1S/C15H19ClN4O2S/c1-11-14(15(16)19(2)18-11)23(21,22)20-9-8-13(10-20)17-12-6-4-3-5-7-12/h3-7,13,17H,8-10H2,1-2H3. The van der Waals surface area contributed by atoms with Gasteiger partial charge in [0, 0.05) is 31.9 Å². The fraction of sp³-hybridized carbons (Fsp3) is 0.400. The molecule has 0 spiro atoms. The molecule has 0 aliphatic carbocycles. The van der Waals surface area contributed by atoms with Crippen molar-refractivity contribution >= 4 is 27.3 Å². The highest BCUT2D eigenvalue weighted by molar-refractivity contribution is 7.89. The average molecular weight is 355 g/mol. The zero-order valence-corrected chi connectivity index (χ0v) is 14.6. The molecule has 1 saturated heterocycles. The van der Waals surface area contributed by atoms with Gasteiger partial charge in [0.1, 0.15) is 10.0 Å². The summed E-state index contributed by atoms with van der Waals surface area (Å²) in [6, 6.07) is 9.88. The van der Waals surface area contributed by atoms with Crippen molar-refractivity contribution in [3.8, 4) is 0 Å². The fourth-order valence-electron chi connectivity index (χ4n) is 2.87. The number of hydrogen-bond donors (Lipinski definition) is 1. The van der Waals surface area contributed by atoms with Gasteiger partial charge < -0.3 is 5.32 Å². The summed E-state index contributed by atoms with van der Waals surface area (Å²) >= 11 is 6.12. The molecule has 23 heavy (non-hydrogen) atoms. The van der Waals surface area contributed by atoms with Crippen LogP contribution in [-0.2, 0) is 17.1 Å². The lowest BCUT2D eigenvalue weighted by Crippen LogP contribution is -2.32. The number of hydrogen-bond acceptors (Lipinski definition) is 4. The van der Waals surface area contributed by atoms with Gasteiger partial charge in [-0.2, -0.15) is 9.40 Å². The van der Waals surface area contributed by atoms with E-state index in [4.69, 9.17) is 11.6 Å². The lowest BCUT2D eigenvalue weighted by molar-refractivity contribution is 0.474. The highest BCUT2D eigenvalue weighted by Crippen LogP contribution is 2.30. The van der Waals surface area contributed by atoms with E-state index in [0.29, 0.717) is 18.8 Å². The molecule has 2 aromatic rings. The van der Waals surface area contributed by atoms with Gasteiger partial charge in [-0.05, 0) is 25.5 Å². The first kappa shape index (κ1) is 16.3. The fourth-order valence-corrected chi connectivity index (χ4v) is 5.07. The number of aryl methyl sites for hydroxylation is 2. The van der Waals surface area contributed by atoms with Crippen LogP contribution in [0, 0.1) is 6.92 Å². The second kappa shape index (κ2) is 6.14. The summed E-state index contributed by atoms with van der Waals surface area (Å²) in [4.78, 5) is 0.113. The van der Waals surface area contributed by atoms with E-state index < -0.39 is 10.0 Å². The van der Waals surface area contributed by atoms with E-state index in [9.17, 15) is 8.42 Å². The number of anilines is 1. The van der Waals surface area contributed by atoms with Crippen LogP contribution in [0.5, 0.6) is 0 Å². The molecule has 1 fully saturated rings. The molecule has 1 atom stereocenters. The third kappa shape index (κ3) is 3.08. The SMILES string of the molecule is Cc1nn(C)c(Cl)c1S(=O)(=O)N1CCC(Nc2ccccc2)C1. The molecule has 2 heterocycles. The quantitative estimate of drug-likeness (QED) is 0.914. The summed E-state index contributed by atoms with van der Waals surface area (Å²) in [5, 5.41) is 7.62. The zero-order chi connectivity index (χ0) is 16.6. The Morgan fingerprint density at radius 3 is 2.61 bits per heavy atom. The lowest BCUT2D eigenvalue weighted by Gasteiger charge is -2.17. The van der Waals surface area contributed by atoms with Crippen molar-refractivity contribution in [2.45, 2.75) is 24.3 Å². The van der Waals surface area contributed by atoms with Crippen molar-refractivity contribution in [1.82, 2.24) is 14.1 Å². The van der Waals surface area contributed by atoms with Gasteiger partial charge in [0.05, 0.1) is 5.69 Å². The maximum absolute atomic E-state index is 12.8. The number of aromatic nitrogens is 2. The van der Waals surface area contributed by atoms with Crippen LogP contribution < -0.4 is 5.32 Å². The molecule has 8 heteroatoms. The van der Waals surface area contributed by atoms with Crippen LogP contribution in [-0.4, -0.2) is 41.6 Å². The summed E-state index contributed by atoms with van der Waals surface area (Å²) in [5.74, 6) is 0. The van der Waals surface area contributed by atoms with E-state index in [0.717, 1.165) is 12.1 Å². The molecule has 0 radical (unpaired) electrons. The van der Waals surface area contributed by atoms with Gasteiger partial charge in [-0.3, -0.25) is 4.68 Å². The van der Waals surface area contributed by atoms with Gasteiger partial charge in [0.25, 0.3) is 0 Å². The summed E-state index contributed by atoms with van der Waals surface area (Å²) in [7, 11) is -1.99. The van der Waals surface area contributed by atoms with Crippen LogP contribution >= 0.6 is 11.6 Å². The minimum absolute atomic E-state index is 0.0860. The van der Waals surface area contributed by atoms with Crippen LogP contribution in [0.4, 0.5) is 5.69 Å². The largest absolute Gasteiger partial charge is 0.381 e. The number of benzene rings is 1. The molecular formula is C15H19ClN4O2S. The minimum atomic E-state index is -3.63. The smallest absolute Gasteiger partial charge is 0.248 e. The van der Waals surface area contributed by atoms with E-state index in [1.165, 1.54) is 8.99 Å². The molecule has 124 valence electrons. The lowest BCUT2D eigenvalue weighted by atomic mass is 10.2. The minimum Gasteiger partial charge on any atom is -0.381 e. The number of nitrogens with zero attached hydrogens (tertiary/aromatic N) is 3. The molecule has 1 unspecified atom stereocenters. The van der Waals surface area contributed by atoms with Crippen molar-refractivity contribution in [2.24, 2.45) is 7.05 Å². The molecule has 1 N–H and O–H groups in total. The molecule has 1 aliphatic rings. The van der Waals surface area contributed by atoms with Gasteiger partial charge >= 0.3 is 0 Å². The summed E-state index contributed by atoms with van der Waals surface area (Å²) < 4.78 is 28.6. The normalized spacial score (nSPS) is 19.2. The van der Waals surface area contributed by atoms with E-state index in [1.54, 1.807) is 14.0 Å². The molecule has 0 bridgehead atoms. The van der Waals surface area contributed by atoms with Crippen molar-refractivity contribution in [2.75, 3.05) is 18.4 Å². The molecule has 1 aromatic carbocycles. The van der Waals surface area contributed by atoms with Crippen molar-refractivity contribution in [3.05, 3.63) is 41.2 Å². The van der Waals surface area contributed by atoms with E-state index >= 15 is 0 Å². The first-order valence-electron chi connectivity index (χ1n) is 7.40. The third-order valence-corrected chi connectivity index (χ3v) is 6.56.